The molecular weight excluding hydrogens is 376 g/mol. The number of fused-ring (bicyclic) bond motifs is 3. The van der Waals surface area contributed by atoms with Gasteiger partial charge >= 0.3 is 5.97 Å². The fourth-order valence-electron chi connectivity index (χ4n) is 7.95. The second kappa shape index (κ2) is 6.74. The Balaban J connectivity index is 1.91. The molecule has 7 heteroatoms. The van der Waals surface area contributed by atoms with Crippen molar-refractivity contribution in [2.45, 2.75) is 71.2 Å². The van der Waals surface area contributed by atoms with E-state index in [4.69, 9.17) is 4.74 Å². The maximum absolute atomic E-state index is 13.5. The van der Waals surface area contributed by atoms with Crippen LogP contribution in [0.4, 0.5) is 0 Å². The minimum atomic E-state index is -1.34. The summed E-state index contributed by atoms with van der Waals surface area (Å²) in [5.74, 6) is -1.98. The third-order valence-corrected chi connectivity index (χ3v) is 9.39. The highest BCUT2D eigenvalue weighted by Crippen LogP contribution is 2.71. The summed E-state index contributed by atoms with van der Waals surface area (Å²) >= 11 is 0. The number of aliphatic hydroxyl groups excluding tert-OH is 4. The highest BCUT2D eigenvalue weighted by atomic mass is 16.5. The Bertz CT molecular complexity index is 709. The molecule has 2 bridgehead atoms. The predicted octanol–water partition coefficient (Wildman–Crippen LogP) is 0.662. The lowest BCUT2D eigenvalue weighted by atomic mass is 9.38. The Kier molecular flexibility index (Phi) is 4.93. The van der Waals surface area contributed by atoms with Crippen LogP contribution in [-0.4, -0.2) is 63.7 Å². The van der Waals surface area contributed by atoms with E-state index in [0.29, 0.717) is 25.7 Å². The molecule has 0 unspecified atom stereocenters. The molecule has 0 radical (unpaired) electrons. The Labute approximate surface area is 171 Å². The highest BCUT2D eigenvalue weighted by molar-refractivity contribution is 5.92. The van der Waals surface area contributed by atoms with Crippen molar-refractivity contribution in [2.75, 3.05) is 13.2 Å². The molecule has 0 aliphatic heterocycles. The lowest BCUT2D eigenvalue weighted by molar-refractivity contribution is -0.274. The summed E-state index contributed by atoms with van der Waals surface area (Å²) < 4.78 is 5.48. The van der Waals surface area contributed by atoms with Crippen LogP contribution in [0.2, 0.25) is 0 Å². The zero-order valence-corrected chi connectivity index (χ0v) is 17.5. The highest BCUT2D eigenvalue weighted by Gasteiger charge is 2.77. The molecule has 0 aromatic heterocycles. The van der Waals surface area contributed by atoms with Gasteiger partial charge in [-0.05, 0) is 55.3 Å². The van der Waals surface area contributed by atoms with E-state index < -0.39 is 46.4 Å². The van der Waals surface area contributed by atoms with Gasteiger partial charge in [0.05, 0.1) is 30.3 Å². The SMILES string of the molecule is CC(=O)OC[C@@]12[C@H](C[C@@H](O)[C@]34C(=O)[C@H](C)[C@H](CC[C@@H]13)[C@H]4O)[C@](C)(CO)CC[C@@H]2O. The zero-order chi connectivity index (χ0) is 21.4. The quantitative estimate of drug-likeness (QED) is 0.504. The molecule has 4 fully saturated rings. The lowest BCUT2D eigenvalue weighted by Crippen LogP contribution is -2.72. The smallest absolute Gasteiger partial charge is 0.302 e. The zero-order valence-electron chi connectivity index (χ0n) is 17.5. The van der Waals surface area contributed by atoms with Gasteiger partial charge in [0.15, 0.2) is 0 Å². The van der Waals surface area contributed by atoms with Crippen LogP contribution in [0, 0.1) is 39.9 Å². The Hall–Kier alpha value is -1.02. The minimum absolute atomic E-state index is 0.0675. The molecule has 4 N–H and O–H groups in total. The summed E-state index contributed by atoms with van der Waals surface area (Å²) in [5.41, 5.74) is -2.89. The van der Waals surface area contributed by atoms with Gasteiger partial charge in [-0.1, -0.05) is 13.8 Å². The van der Waals surface area contributed by atoms with E-state index in [1.807, 2.05) is 13.8 Å². The van der Waals surface area contributed by atoms with Crippen molar-refractivity contribution in [3.05, 3.63) is 0 Å². The van der Waals surface area contributed by atoms with E-state index in [9.17, 15) is 30.0 Å². The first kappa shape index (κ1) is 21.2. The van der Waals surface area contributed by atoms with Crippen molar-refractivity contribution >= 4 is 11.8 Å². The molecule has 4 aliphatic rings. The Morgan fingerprint density at radius 3 is 2.45 bits per heavy atom. The van der Waals surface area contributed by atoms with Crippen molar-refractivity contribution < 1.29 is 34.8 Å². The first-order valence-electron chi connectivity index (χ1n) is 10.9. The van der Waals surface area contributed by atoms with Gasteiger partial charge in [0.25, 0.3) is 0 Å². The van der Waals surface area contributed by atoms with Crippen LogP contribution >= 0.6 is 0 Å². The summed E-state index contributed by atoms with van der Waals surface area (Å²) in [6.45, 7) is 4.89. The summed E-state index contributed by atoms with van der Waals surface area (Å²) in [6.07, 6.45) is -0.463. The van der Waals surface area contributed by atoms with Crippen molar-refractivity contribution in [3.63, 3.8) is 0 Å². The normalized spacial score (nSPS) is 53.9. The second-order valence-corrected chi connectivity index (χ2v) is 10.4. The first-order valence-corrected chi connectivity index (χ1v) is 10.9. The van der Waals surface area contributed by atoms with Gasteiger partial charge in [-0.25, -0.2) is 0 Å². The van der Waals surface area contributed by atoms with Crippen LogP contribution in [0.1, 0.15) is 52.9 Å². The maximum Gasteiger partial charge on any atom is 0.302 e. The molecule has 29 heavy (non-hydrogen) atoms. The van der Waals surface area contributed by atoms with E-state index in [0.717, 1.165) is 0 Å². The molecule has 10 atom stereocenters. The summed E-state index contributed by atoms with van der Waals surface area (Å²) in [5, 5.41) is 44.1. The Morgan fingerprint density at radius 1 is 1.14 bits per heavy atom. The Morgan fingerprint density at radius 2 is 1.83 bits per heavy atom. The third kappa shape index (κ3) is 2.45. The number of Topliss-reactive ketones (excluding diaryl/α,β-unsaturated/α-hetero) is 1. The number of aliphatic hydroxyl groups is 4. The lowest BCUT2D eigenvalue weighted by Gasteiger charge is -2.67. The molecule has 4 rings (SSSR count). The van der Waals surface area contributed by atoms with Gasteiger partial charge in [0.1, 0.15) is 5.78 Å². The second-order valence-electron chi connectivity index (χ2n) is 10.4. The molecular formula is C22H34O7. The number of hydrogen-bond donors (Lipinski definition) is 4. The monoisotopic (exact) mass is 410 g/mol. The summed E-state index contributed by atoms with van der Waals surface area (Å²) in [7, 11) is 0. The molecule has 0 amide bonds. The average Bonchev–Trinajstić information content (AvgIpc) is 2.79. The van der Waals surface area contributed by atoms with Crippen LogP contribution in [0.5, 0.6) is 0 Å². The molecule has 1 spiro atoms. The molecule has 7 nitrogen and oxygen atoms in total. The molecule has 0 aromatic carbocycles. The average molecular weight is 411 g/mol. The van der Waals surface area contributed by atoms with E-state index in [-0.39, 0.29) is 43.2 Å². The number of carbonyl (C=O) groups is 2. The van der Waals surface area contributed by atoms with Gasteiger partial charge in [-0.2, -0.15) is 0 Å². The number of esters is 1. The molecule has 4 aliphatic carbocycles. The molecule has 164 valence electrons. The number of hydrogen-bond acceptors (Lipinski definition) is 7. The van der Waals surface area contributed by atoms with Gasteiger partial charge in [0.2, 0.25) is 0 Å². The fourth-order valence-corrected chi connectivity index (χ4v) is 7.95. The van der Waals surface area contributed by atoms with Crippen LogP contribution in [0.25, 0.3) is 0 Å². The molecule has 0 saturated heterocycles. The van der Waals surface area contributed by atoms with Crippen LogP contribution in [-0.2, 0) is 14.3 Å². The first-order chi connectivity index (χ1) is 13.6. The molecule has 0 aromatic rings. The topological polar surface area (TPSA) is 124 Å². The van der Waals surface area contributed by atoms with E-state index in [1.54, 1.807) is 0 Å². The van der Waals surface area contributed by atoms with E-state index in [2.05, 4.69) is 0 Å². The van der Waals surface area contributed by atoms with Gasteiger partial charge in [-0.15, -0.1) is 0 Å². The summed E-state index contributed by atoms with van der Waals surface area (Å²) in [4.78, 5) is 25.2. The van der Waals surface area contributed by atoms with Crippen molar-refractivity contribution in [2.24, 2.45) is 39.9 Å². The van der Waals surface area contributed by atoms with Gasteiger partial charge in [-0.3, -0.25) is 9.59 Å². The fraction of sp³-hybridized carbons (Fsp3) is 0.909. The predicted molar refractivity (Wildman–Crippen MR) is 102 cm³/mol. The number of carbonyl (C=O) groups excluding carboxylic acids is 2. The third-order valence-electron chi connectivity index (χ3n) is 9.39. The van der Waals surface area contributed by atoms with Crippen LogP contribution < -0.4 is 0 Å². The van der Waals surface area contributed by atoms with Gasteiger partial charge in [0, 0.05) is 24.9 Å². The van der Waals surface area contributed by atoms with Crippen molar-refractivity contribution in [1.82, 2.24) is 0 Å². The summed E-state index contributed by atoms with van der Waals surface area (Å²) in [6, 6.07) is 0. The van der Waals surface area contributed by atoms with Crippen LogP contribution in [0.15, 0.2) is 0 Å². The van der Waals surface area contributed by atoms with E-state index in [1.165, 1.54) is 6.92 Å². The number of rotatable bonds is 3. The van der Waals surface area contributed by atoms with Gasteiger partial charge < -0.3 is 25.2 Å². The standard InChI is InChI=1S/C22H34O7/c1-11-13-4-5-14-21(10-29-12(2)24)15(20(3,9-23)7-6-16(21)25)8-17(26)22(14,18(11)27)19(13)28/h11,13-17,19,23,25-26,28H,4-10H2,1-3H3/t11-,13+,14+,15-,16+,17-,19-,20+,21+,22+/m1/s1. The van der Waals surface area contributed by atoms with Crippen molar-refractivity contribution in [3.8, 4) is 0 Å². The largest absolute Gasteiger partial charge is 0.465 e. The van der Waals surface area contributed by atoms with Crippen molar-refractivity contribution in [1.29, 1.82) is 0 Å². The minimum Gasteiger partial charge on any atom is -0.465 e. The maximum atomic E-state index is 13.5. The van der Waals surface area contributed by atoms with E-state index >= 15 is 0 Å². The molecule has 4 saturated carbocycles. The van der Waals surface area contributed by atoms with Crippen LogP contribution in [0.3, 0.4) is 0 Å². The number of ether oxygens (including phenoxy) is 1. The molecule has 0 heterocycles. The number of ketones is 1.